The first-order chi connectivity index (χ1) is 10.8. The summed E-state index contributed by atoms with van der Waals surface area (Å²) in [6, 6.07) is 13.9. The van der Waals surface area contributed by atoms with Gasteiger partial charge in [-0.25, -0.2) is 4.79 Å². The molecule has 0 radical (unpaired) electrons. The Balaban J connectivity index is 1.65. The second-order valence-electron chi connectivity index (χ2n) is 4.43. The third-order valence-corrected chi connectivity index (χ3v) is 3.79. The Morgan fingerprint density at radius 1 is 1.32 bits per heavy atom. The number of aromatic nitrogens is 1. The van der Waals surface area contributed by atoms with Crippen LogP contribution in [0.4, 0.5) is 0 Å². The molecular weight excluding hydrogens is 300 g/mol. The lowest BCUT2D eigenvalue weighted by Crippen LogP contribution is -2.05. The van der Waals surface area contributed by atoms with Crippen molar-refractivity contribution in [2.75, 3.05) is 0 Å². The van der Waals surface area contributed by atoms with Crippen LogP contribution in [0.5, 0.6) is 0 Å². The molecule has 3 aromatic rings. The van der Waals surface area contributed by atoms with E-state index in [1.807, 2.05) is 23.6 Å². The maximum atomic E-state index is 11.9. The number of nitrogens with zero attached hydrogens (tertiary/aromatic N) is 2. The molecule has 2 heterocycles. The largest absolute Gasteiger partial charge is 0.455 e. The number of carbonyl (C=O) groups is 1. The molecule has 0 saturated heterocycles. The van der Waals surface area contributed by atoms with Crippen LogP contribution in [0.3, 0.4) is 0 Å². The Labute approximate surface area is 130 Å². The first-order valence-electron chi connectivity index (χ1n) is 6.43. The summed E-state index contributed by atoms with van der Waals surface area (Å²) in [5.41, 5.74) is 1.28. The van der Waals surface area contributed by atoms with Gasteiger partial charge >= 0.3 is 5.97 Å². The van der Waals surface area contributed by atoms with Crippen molar-refractivity contribution in [3.05, 3.63) is 64.7 Å². The standard InChI is InChI=1S/C16H10N2O3S/c17-9-11-3-1-4-12(7-11)16(19)20-10-13-8-14(21-18-13)15-5-2-6-22-15/h1-8H,10H2. The molecular formula is C16H10N2O3S. The predicted molar refractivity (Wildman–Crippen MR) is 80.1 cm³/mol. The number of carbonyl (C=O) groups excluding carboxylic acids is 1. The number of hydrogen-bond acceptors (Lipinski definition) is 6. The van der Waals surface area contributed by atoms with E-state index in [0.717, 1.165) is 4.88 Å². The summed E-state index contributed by atoms with van der Waals surface area (Å²) >= 11 is 1.54. The number of hydrogen-bond donors (Lipinski definition) is 0. The normalized spacial score (nSPS) is 10.1. The van der Waals surface area contributed by atoms with Crippen LogP contribution in [0, 0.1) is 11.3 Å². The summed E-state index contributed by atoms with van der Waals surface area (Å²) in [4.78, 5) is 12.9. The lowest BCUT2D eigenvalue weighted by Gasteiger charge is -2.02. The van der Waals surface area contributed by atoms with E-state index in [1.54, 1.807) is 35.6 Å². The molecule has 0 unspecified atom stereocenters. The minimum atomic E-state index is -0.502. The van der Waals surface area contributed by atoms with Crippen LogP contribution in [0.2, 0.25) is 0 Å². The molecule has 0 bridgehead atoms. The number of nitriles is 1. The molecule has 3 rings (SSSR count). The van der Waals surface area contributed by atoms with Gasteiger partial charge in [0.1, 0.15) is 12.3 Å². The van der Waals surface area contributed by atoms with Gasteiger partial charge in [0.05, 0.1) is 22.1 Å². The molecule has 108 valence electrons. The second kappa shape index (κ2) is 6.24. The average Bonchev–Trinajstić information content (AvgIpc) is 3.23. The fourth-order valence-corrected chi connectivity index (χ4v) is 2.53. The molecule has 0 aliphatic heterocycles. The maximum Gasteiger partial charge on any atom is 0.338 e. The van der Waals surface area contributed by atoms with E-state index in [9.17, 15) is 4.79 Å². The third kappa shape index (κ3) is 3.05. The van der Waals surface area contributed by atoms with Crippen LogP contribution in [-0.2, 0) is 11.3 Å². The van der Waals surface area contributed by atoms with Crippen molar-refractivity contribution in [1.29, 1.82) is 5.26 Å². The smallest absolute Gasteiger partial charge is 0.338 e. The van der Waals surface area contributed by atoms with Gasteiger partial charge in [0.25, 0.3) is 0 Å². The molecule has 0 fully saturated rings. The average molecular weight is 310 g/mol. The van der Waals surface area contributed by atoms with Gasteiger partial charge in [0.15, 0.2) is 5.76 Å². The van der Waals surface area contributed by atoms with Crippen LogP contribution in [-0.4, -0.2) is 11.1 Å². The van der Waals surface area contributed by atoms with Gasteiger partial charge in [-0.2, -0.15) is 5.26 Å². The molecule has 0 N–H and O–H groups in total. The molecule has 0 saturated carbocycles. The molecule has 5 nitrogen and oxygen atoms in total. The number of esters is 1. The summed E-state index contributed by atoms with van der Waals surface area (Å²) in [6.07, 6.45) is 0. The second-order valence-corrected chi connectivity index (χ2v) is 5.38. The molecule has 0 spiro atoms. The lowest BCUT2D eigenvalue weighted by atomic mass is 10.1. The van der Waals surface area contributed by atoms with Gasteiger partial charge in [-0.05, 0) is 29.6 Å². The molecule has 0 aliphatic rings. The van der Waals surface area contributed by atoms with Gasteiger partial charge < -0.3 is 9.26 Å². The van der Waals surface area contributed by atoms with E-state index in [2.05, 4.69) is 5.16 Å². The number of ether oxygens (including phenoxy) is 1. The Kier molecular flexibility index (Phi) is 3.99. The molecule has 0 atom stereocenters. The Bertz CT molecular complexity index is 831. The van der Waals surface area contributed by atoms with Crippen LogP contribution in [0.25, 0.3) is 10.6 Å². The van der Waals surface area contributed by atoms with Gasteiger partial charge in [-0.15, -0.1) is 11.3 Å². The van der Waals surface area contributed by atoms with E-state index in [0.29, 0.717) is 22.6 Å². The van der Waals surface area contributed by atoms with Gasteiger partial charge in [-0.1, -0.05) is 17.3 Å². The first-order valence-corrected chi connectivity index (χ1v) is 7.31. The lowest BCUT2D eigenvalue weighted by molar-refractivity contribution is 0.0464. The molecule has 0 aliphatic carbocycles. The minimum absolute atomic E-state index is 0.0183. The number of benzene rings is 1. The van der Waals surface area contributed by atoms with Gasteiger partial charge in [0.2, 0.25) is 0 Å². The van der Waals surface area contributed by atoms with Gasteiger partial charge in [-0.3, -0.25) is 0 Å². The Morgan fingerprint density at radius 2 is 2.23 bits per heavy atom. The van der Waals surface area contributed by atoms with Crippen molar-refractivity contribution in [2.24, 2.45) is 0 Å². The zero-order valence-electron chi connectivity index (χ0n) is 11.4. The summed E-state index contributed by atoms with van der Waals surface area (Å²) in [6.45, 7) is 0.0183. The highest BCUT2D eigenvalue weighted by molar-refractivity contribution is 7.13. The Hall–Kier alpha value is -2.91. The highest BCUT2D eigenvalue weighted by Crippen LogP contribution is 2.25. The third-order valence-electron chi connectivity index (χ3n) is 2.90. The SMILES string of the molecule is N#Cc1cccc(C(=O)OCc2cc(-c3cccs3)on2)c1. The highest BCUT2D eigenvalue weighted by atomic mass is 32.1. The van der Waals surface area contributed by atoms with E-state index in [-0.39, 0.29) is 6.61 Å². The molecule has 6 heteroatoms. The van der Waals surface area contributed by atoms with Crippen LogP contribution >= 0.6 is 11.3 Å². The minimum Gasteiger partial charge on any atom is -0.455 e. The van der Waals surface area contributed by atoms with E-state index < -0.39 is 5.97 Å². The summed E-state index contributed by atoms with van der Waals surface area (Å²) in [7, 11) is 0. The maximum absolute atomic E-state index is 11.9. The van der Waals surface area contributed by atoms with Crippen LogP contribution in [0.15, 0.2) is 52.4 Å². The Morgan fingerprint density at radius 3 is 3.00 bits per heavy atom. The van der Waals surface area contributed by atoms with E-state index in [4.69, 9.17) is 14.5 Å². The zero-order chi connectivity index (χ0) is 15.4. The van der Waals surface area contributed by atoms with Crippen LogP contribution in [0.1, 0.15) is 21.6 Å². The molecule has 0 amide bonds. The van der Waals surface area contributed by atoms with Crippen molar-refractivity contribution in [2.45, 2.75) is 6.61 Å². The van der Waals surface area contributed by atoms with Crippen molar-refractivity contribution >= 4 is 17.3 Å². The summed E-state index contributed by atoms with van der Waals surface area (Å²) < 4.78 is 10.4. The van der Waals surface area contributed by atoms with E-state index >= 15 is 0 Å². The molecule has 22 heavy (non-hydrogen) atoms. The van der Waals surface area contributed by atoms with Crippen LogP contribution < -0.4 is 0 Å². The van der Waals surface area contributed by atoms with Crippen molar-refractivity contribution in [3.8, 4) is 16.7 Å². The number of rotatable bonds is 4. The molecule has 1 aromatic carbocycles. The highest BCUT2D eigenvalue weighted by Gasteiger charge is 2.11. The van der Waals surface area contributed by atoms with E-state index in [1.165, 1.54) is 6.07 Å². The quantitative estimate of drug-likeness (QED) is 0.688. The van der Waals surface area contributed by atoms with Crippen molar-refractivity contribution in [1.82, 2.24) is 5.16 Å². The zero-order valence-corrected chi connectivity index (χ0v) is 12.2. The monoisotopic (exact) mass is 310 g/mol. The fraction of sp³-hybridized carbons (Fsp3) is 0.0625. The van der Waals surface area contributed by atoms with Gasteiger partial charge in [0, 0.05) is 6.07 Å². The summed E-state index contributed by atoms with van der Waals surface area (Å²) in [5.74, 6) is 0.144. The van der Waals surface area contributed by atoms with Crippen molar-refractivity contribution in [3.63, 3.8) is 0 Å². The summed E-state index contributed by atoms with van der Waals surface area (Å²) in [5, 5.41) is 14.6. The fourth-order valence-electron chi connectivity index (χ4n) is 1.85. The van der Waals surface area contributed by atoms with Crippen molar-refractivity contribution < 1.29 is 14.1 Å². The number of thiophene rings is 1. The first kappa shape index (κ1) is 14.0. The molecule has 2 aromatic heterocycles. The topological polar surface area (TPSA) is 76.1 Å². The predicted octanol–water partition coefficient (Wildman–Crippen LogP) is 3.63.